The molecule has 0 bridgehead atoms. The summed E-state index contributed by atoms with van der Waals surface area (Å²) in [6.07, 6.45) is -0.367. The Morgan fingerprint density at radius 3 is 2.45 bits per heavy atom. The molecule has 31 heavy (non-hydrogen) atoms. The summed E-state index contributed by atoms with van der Waals surface area (Å²) in [6.45, 7) is 7.28. The van der Waals surface area contributed by atoms with Crippen LogP contribution in [0.3, 0.4) is 0 Å². The molecule has 2 fully saturated rings. The number of rotatable bonds is 7. The molecular formula is C21H31ClF3N5O. The van der Waals surface area contributed by atoms with E-state index < -0.39 is 11.7 Å². The first kappa shape index (κ1) is 24.1. The molecule has 3 heterocycles. The molecule has 0 unspecified atom stereocenters. The lowest BCUT2D eigenvalue weighted by Crippen LogP contribution is -2.44. The molecule has 0 aliphatic carbocycles. The Kier molecular flexibility index (Phi) is 8.41. The van der Waals surface area contributed by atoms with Gasteiger partial charge in [0.25, 0.3) is 0 Å². The van der Waals surface area contributed by atoms with Crippen molar-refractivity contribution in [3.05, 3.63) is 22.8 Å². The molecule has 0 saturated carbocycles. The van der Waals surface area contributed by atoms with Crippen LogP contribution < -0.4 is 10.2 Å². The third-order valence-electron chi connectivity index (χ3n) is 6.11. The van der Waals surface area contributed by atoms with Crippen LogP contribution in [0, 0.1) is 5.92 Å². The van der Waals surface area contributed by atoms with Gasteiger partial charge in [-0.05, 0) is 45.3 Å². The summed E-state index contributed by atoms with van der Waals surface area (Å²) in [4.78, 5) is 23.0. The van der Waals surface area contributed by atoms with Gasteiger partial charge < -0.3 is 20.0 Å². The number of nitrogens with one attached hydrogen (secondary N) is 1. The quantitative estimate of drug-likeness (QED) is 0.632. The summed E-state index contributed by atoms with van der Waals surface area (Å²) in [7, 11) is 2.14. The van der Waals surface area contributed by atoms with E-state index in [4.69, 9.17) is 11.6 Å². The predicted molar refractivity (Wildman–Crippen MR) is 115 cm³/mol. The number of carbonyl (C=O) groups excluding carboxylic acids is 1. The molecule has 0 radical (unpaired) electrons. The number of halogens is 4. The van der Waals surface area contributed by atoms with Gasteiger partial charge in [-0.3, -0.25) is 4.79 Å². The molecule has 1 N–H and O–H groups in total. The fourth-order valence-electron chi connectivity index (χ4n) is 4.06. The number of piperidine rings is 1. The minimum Gasteiger partial charge on any atom is -0.356 e. The van der Waals surface area contributed by atoms with Crippen LogP contribution in [0.4, 0.5) is 19.0 Å². The van der Waals surface area contributed by atoms with E-state index in [2.05, 4.69) is 27.1 Å². The molecule has 2 aliphatic heterocycles. The van der Waals surface area contributed by atoms with Gasteiger partial charge >= 0.3 is 6.18 Å². The highest BCUT2D eigenvalue weighted by atomic mass is 35.5. The van der Waals surface area contributed by atoms with Gasteiger partial charge in [0.2, 0.25) is 5.91 Å². The van der Waals surface area contributed by atoms with Gasteiger partial charge in [-0.2, -0.15) is 13.2 Å². The topological polar surface area (TPSA) is 51.7 Å². The average molecular weight is 462 g/mol. The summed E-state index contributed by atoms with van der Waals surface area (Å²) in [5.74, 6) is 0.324. The SMILES string of the molecule is CN1CCN(CCCCNC(=O)C2CCN(c3ncc(C(F)(F)F)cc3Cl)CC2)CC1. The Hall–Kier alpha value is -1.58. The summed E-state index contributed by atoms with van der Waals surface area (Å²) < 4.78 is 38.3. The van der Waals surface area contributed by atoms with Crippen LogP contribution in [0.5, 0.6) is 0 Å². The van der Waals surface area contributed by atoms with Crippen LogP contribution in [0.15, 0.2) is 12.3 Å². The Balaban J connectivity index is 1.35. The fourth-order valence-corrected chi connectivity index (χ4v) is 4.35. The molecule has 174 valence electrons. The van der Waals surface area contributed by atoms with Gasteiger partial charge in [0.15, 0.2) is 0 Å². The van der Waals surface area contributed by atoms with Crippen LogP contribution in [0.2, 0.25) is 5.02 Å². The number of aromatic nitrogens is 1. The lowest BCUT2D eigenvalue weighted by Gasteiger charge is -2.33. The van der Waals surface area contributed by atoms with Crippen LogP contribution in [0.25, 0.3) is 0 Å². The molecule has 1 amide bonds. The smallest absolute Gasteiger partial charge is 0.356 e. The lowest BCUT2D eigenvalue weighted by molar-refractivity contribution is -0.137. The van der Waals surface area contributed by atoms with Gasteiger partial charge in [0, 0.05) is 57.9 Å². The molecule has 6 nitrogen and oxygen atoms in total. The Labute approximate surface area is 186 Å². The van der Waals surface area contributed by atoms with E-state index in [1.165, 1.54) is 0 Å². The molecule has 2 saturated heterocycles. The Morgan fingerprint density at radius 1 is 1.16 bits per heavy atom. The van der Waals surface area contributed by atoms with Crippen molar-refractivity contribution in [3.8, 4) is 0 Å². The number of anilines is 1. The minimum atomic E-state index is -4.47. The fraction of sp³-hybridized carbons (Fsp3) is 0.714. The standard InChI is InChI=1S/C21H31ClF3N5O/c1-28-10-12-29(13-11-28)7-3-2-6-26-20(31)16-4-8-30(9-5-16)19-18(22)14-17(15-27-19)21(23,24)25/h14-16H,2-13H2,1H3,(H,26,31). The first-order valence-electron chi connectivity index (χ1n) is 10.9. The minimum absolute atomic E-state index is 0.0157. The number of hydrogen-bond acceptors (Lipinski definition) is 5. The van der Waals surface area contributed by atoms with Crippen molar-refractivity contribution in [3.63, 3.8) is 0 Å². The number of amides is 1. The number of likely N-dealkylation sites (N-methyl/N-ethyl adjacent to an activating group) is 1. The van der Waals surface area contributed by atoms with Crippen molar-refractivity contribution in [2.75, 3.05) is 64.3 Å². The first-order valence-corrected chi connectivity index (χ1v) is 11.3. The van der Waals surface area contributed by atoms with Crippen molar-refractivity contribution in [1.82, 2.24) is 20.1 Å². The highest BCUT2D eigenvalue weighted by Gasteiger charge is 2.33. The number of unbranched alkanes of at least 4 members (excludes halogenated alkanes) is 1. The monoisotopic (exact) mass is 461 g/mol. The van der Waals surface area contributed by atoms with E-state index in [0.717, 1.165) is 57.8 Å². The molecule has 1 aromatic rings. The second-order valence-corrected chi connectivity index (χ2v) is 8.84. The molecule has 2 aliphatic rings. The maximum Gasteiger partial charge on any atom is 0.417 e. The third-order valence-corrected chi connectivity index (χ3v) is 6.39. The van der Waals surface area contributed by atoms with Crippen molar-refractivity contribution in [2.24, 2.45) is 5.92 Å². The van der Waals surface area contributed by atoms with Crippen LogP contribution in [-0.2, 0) is 11.0 Å². The predicted octanol–water partition coefficient (Wildman–Crippen LogP) is 3.11. The zero-order valence-electron chi connectivity index (χ0n) is 17.9. The van der Waals surface area contributed by atoms with Crippen LogP contribution in [-0.4, -0.2) is 80.1 Å². The zero-order chi connectivity index (χ0) is 22.4. The van der Waals surface area contributed by atoms with E-state index in [-0.39, 0.29) is 16.8 Å². The van der Waals surface area contributed by atoms with E-state index in [1.807, 2.05) is 4.90 Å². The number of pyridine rings is 1. The third kappa shape index (κ3) is 6.95. The van der Waals surface area contributed by atoms with E-state index >= 15 is 0 Å². The molecular weight excluding hydrogens is 431 g/mol. The Morgan fingerprint density at radius 2 is 1.84 bits per heavy atom. The highest BCUT2D eigenvalue weighted by Crippen LogP contribution is 2.34. The maximum atomic E-state index is 12.8. The van der Waals surface area contributed by atoms with Gasteiger partial charge in [0.1, 0.15) is 5.82 Å². The van der Waals surface area contributed by atoms with E-state index in [1.54, 1.807) is 0 Å². The molecule has 10 heteroatoms. The highest BCUT2D eigenvalue weighted by molar-refractivity contribution is 6.33. The summed E-state index contributed by atoms with van der Waals surface area (Å²) >= 11 is 6.04. The number of alkyl halides is 3. The number of carbonyl (C=O) groups is 1. The average Bonchev–Trinajstić information content (AvgIpc) is 2.74. The zero-order valence-corrected chi connectivity index (χ0v) is 18.7. The van der Waals surface area contributed by atoms with Crippen molar-refractivity contribution in [1.29, 1.82) is 0 Å². The lowest BCUT2D eigenvalue weighted by atomic mass is 9.96. The Bertz CT molecular complexity index is 732. The van der Waals surface area contributed by atoms with E-state index in [9.17, 15) is 18.0 Å². The van der Waals surface area contributed by atoms with Crippen molar-refractivity contribution in [2.45, 2.75) is 31.9 Å². The van der Waals surface area contributed by atoms with Crippen LogP contribution in [0.1, 0.15) is 31.2 Å². The summed E-state index contributed by atoms with van der Waals surface area (Å²) in [6, 6.07) is 0.908. The largest absolute Gasteiger partial charge is 0.417 e. The van der Waals surface area contributed by atoms with Crippen molar-refractivity contribution >= 4 is 23.3 Å². The number of nitrogens with zero attached hydrogens (tertiary/aromatic N) is 4. The normalized spacial score (nSPS) is 19.6. The number of piperazine rings is 1. The maximum absolute atomic E-state index is 12.8. The summed E-state index contributed by atoms with van der Waals surface area (Å²) in [5, 5.41) is 3.02. The number of hydrogen-bond donors (Lipinski definition) is 1. The van der Waals surface area contributed by atoms with E-state index in [0.29, 0.717) is 38.3 Å². The van der Waals surface area contributed by atoms with Gasteiger partial charge in [-0.25, -0.2) is 4.98 Å². The second-order valence-electron chi connectivity index (χ2n) is 8.43. The molecule has 3 rings (SSSR count). The molecule has 0 spiro atoms. The van der Waals surface area contributed by atoms with Gasteiger partial charge in [0.05, 0.1) is 10.6 Å². The summed E-state index contributed by atoms with van der Waals surface area (Å²) in [5.41, 5.74) is -0.858. The second kappa shape index (κ2) is 10.8. The molecule has 0 atom stereocenters. The van der Waals surface area contributed by atoms with Crippen LogP contribution >= 0.6 is 11.6 Å². The molecule has 0 aromatic carbocycles. The first-order chi connectivity index (χ1) is 14.7. The van der Waals surface area contributed by atoms with Gasteiger partial charge in [-0.15, -0.1) is 0 Å². The van der Waals surface area contributed by atoms with Crippen molar-refractivity contribution < 1.29 is 18.0 Å². The molecule has 1 aromatic heterocycles. The van der Waals surface area contributed by atoms with Gasteiger partial charge in [-0.1, -0.05) is 11.6 Å².